The minimum Gasteiger partial charge on any atom is -0.496 e. The monoisotopic (exact) mass is 440 g/mol. The standard InChI is InChI=1S/C25H26F2N2O3/c1-32-23-5-3-2-4-19(23)25(31)13-17(8-9-28)10-18-14-29(15-20(18)25)24(30)12-16-6-7-21(26)22(27)11-16/h2-7,11,17-18,20,31H,8,10,12-15H2,1H3/t17-,18+,20-,25-/m1/s1. The van der Waals surface area contributed by atoms with E-state index in [1.807, 2.05) is 18.2 Å². The molecule has 2 aromatic rings. The smallest absolute Gasteiger partial charge is 0.227 e. The highest BCUT2D eigenvalue weighted by atomic mass is 19.2. The van der Waals surface area contributed by atoms with E-state index in [-0.39, 0.29) is 30.1 Å². The van der Waals surface area contributed by atoms with Gasteiger partial charge in [-0.15, -0.1) is 0 Å². The minimum absolute atomic E-state index is 0.0115. The number of carbonyl (C=O) groups excluding carboxylic acids is 1. The first-order valence-corrected chi connectivity index (χ1v) is 10.8. The molecule has 2 aromatic carbocycles. The van der Waals surface area contributed by atoms with Crippen LogP contribution in [0.4, 0.5) is 8.78 Å². The number of likely N-dealkylation sites (tertiary alicyclic amines) is 1. The molecule has 1 heterocycles. The fraction of sp³-hybridized carbons (Fsp3) is 0.440. The first kappa shape index (κ1) is 22.2. The van der Waals surface area contributed by atoms with Gasteiger partial charge in [-0.05, 0) is 48.4 Å². The lowest BCUT2D eigenvalue weighted by molar-refractivity contribution is -0.130. The van der Waals surface area contributed by atoms with Crippen LogP contribution in [0.15, 0.2) is 42.5 Å². The normalized spacial score (nSPS) is 27.0. The Morgan fingerprint density at radius 2 is 2.03 bits per heavy atom. The molecule has 1 N–H and O–H groups in total. The number of carbonyl (C=O) groups is 1. The highest BCUT2D eigenvalue weighted by molar-refractivity contribution is 5.79. The summed E-state index contributed by atoms with van der Waals surface area (Å²) in [5, 5.41) is 21.2. The van der Waals surface area contributed by atoms with Gasteiger partial charge >= 0.3 is 0 Å². The second-order valence-electron chi connectivity index (χ2n) is 8.88. The molecule has 0 radical (unpaired) electrons. The lowest BCUT2D eigenvalue weighted by Gasteiger charge is -2.45. The molecule has 0 bridgehead atoms. The van der Waals surface area contributed by atoms with E-state index in [4.69, 9.17) is 4.74 Å². The average molecular weight is 440 g/mol. The van der Waals surface area contributed by atoms with Crippen LogP contribution in [0.1, 0.15) is 30.4 Å². The third kappa shape index (κ3) is 4.07. The lowest BCUT2D eigenvalue weighted by Crippen LogP contribution is -2.46. The van der Waals surface area contributed by atoms with Crippen LogP contribution < -0.4 is 4.74 Å². The number of aliphatic hydroxyl groups is 1. The Morgan fingerprint density at radius 1 is 1.25 bits per heavy atom. The molecule has 1 aliphatic carbocycles. The van der Waals surface area contributed by atoms with Gasteiger partial charge in [0, 0.05) is 31.0 Å². The molecule has 0 aromatic heterocycles. The van der Waals surface area contributed by atoms with Crippen molar-refractivity contribution in [2.24, 2.45) is 17.8 Å². The van der Waals surface area contributed by atoms with Crippen molar-refractivity contribution >= 4 is 5.91 Å². The second-order valence-corrected chi connectivity index (χ2v) is 8.88. The maximum atomic E-state index is 13.6. The third-order valence-corrected chi connectivity index (χ3v) is 6.94. The predicted molar refractivity (Wildman–Crippen MR) is 113 cm³/mol. The van der Waals surface area contributed by atoms with E-state index in [0.29, 0.717) is 42.8 Å². The molecule has 2 aliphatic rings. The summed E-state index contributed by atoms with van der Waals surface area (Å²) in [6.07, 6.45) is 1.48. The van der Waals surface area contributed by atoms with E-state index in [0.717, 1.165) is 18.6 Å². The van der Waals surface area contributed by atoms with E-state index in [2.05, 4.69) is 6.07 Å². The van der Waals surface area contributed by atoms with Crippen LogP contribution in [-0.4, -0.2) is 36.1 Å². The summed E-state index contributed by atoms with van der Waals surface area (Å²) in [4.78, 5) is 14.7. The zero-order chi connectivity index (χ0) is 22.9. The van der Waals surface area contributed by atoms with Gasteiger partial charge in [-0.3, -0.25) is 4.79 Å². The summed E-state index contributed by atoms with van der Waals surface area (Å²) in [6.45, 7) is 0.827. The number of benzene rings is 2. The van der Waals surface area contributed by atoms with Gasteiger partial charge in [0.05, 0.1) is 25.2 Å². The largest absolute Gasteiger partial charge is 0.496 e. The number of nitrogens with zero attached hydrogens (tertiary/aromatic N) is 2. The SMILES string of the molecule is COc1ccccc1[C@]1(O)C[C@H](CC#N)C[C@H]2CN(C(=O)Cc3ccc(F)c(F)c3)C[C@H]21. The van der Waals surface area contributed by atoms with Crippen molar-refractivity contribution in [3.05, 3.63) is 65.2 Å². The average Bonchev–Trinajstić information content (AvgIpc) is 3.22. The number of amides is 1. The van der Waals surface area contributed by atoms with Crippen molar-refractivity contribution in [2.45, 2.75) is 31.3 Å². The Kier molecular flexibility index (Phi) is 6.16. The number of rotatable bonds is 5. The number of hydrogen-bond donors (Lipinski definition) is 1. The van der Waals surface area contributed by atoms with Crippen molar-refractivity contribution in [3.63, 3.8) is 0 Å². The zero-order valence-electron chi connectivity index (χ0n) is 17.9. The quantitative estimate of drug-likeness (QED) is 0.768. The molecule has 1 aliphatic heterocycles. The lowest BCUT2D eigenvalue weighted by atomic mass is 9.63. The van der Waals surface area contributed by atoms with Crippen molar-refractivity contribution in [2.75, 3.05) is 20.2 Å². The molecule has 1 saturated heterocycles. The van der Waals surface area contributed by atoms with Gasteiger partial charge in [0.1, 0.15) is 5.75 Å². The van der Waals surface area contributed by atoms with Gasteiger partial charge in [-0.1, -0.05) is 24.3 Å². The van der Waals surface area contributed by atoms with E-state index < -0.39 is 17.2 Å². The molecular formula is C25H26F2N2O3. The maximum Gasteiger partial charge on any atom is 0.227 e. The topological polar surface area (TPSA) is 73.6 Å². The second kappa shape index (κ2) is 8.87. The van der Waals surface area contributed by atoms with Gasteiger partial charge in [0.25, 0.3) is 0 Å². The number of para-hydroxylation sites is 1. The van der Waals surface area contributed by atoms with Crippen LogP contribution in [0.2, 0.25) is 0 Å². The van der Waals surface area contributed by atoms with Crippen LogP contribution in [0.3, 0.4) is 0 Å². The third-order valence-electron chi connectivity index (χ3n) is 6.94. The highest BCUT2D eigenvalue weighted by Gasteiger charge is 2.53. The van der Waals surface area contributed by atoms with Gasteiger partial charge < -0.3 is 14.7 Å². The molecule has 1 saturated carbocycles. The number of halogens is 2. The van der Waals surface area contributed by atoms with E-state index >= 15 is 0 Å². The summed E-state index contributed by atoms with van der Waals surface area (Å²) in [5.74, 6) is -1.69. The molecular weight excluding hydrogens is 414 g/mol. The summed E-state index contributed by atoms with van der Waals surface area (Å²) < 4.78 is 32.3. The van der Waals surface area contributed by atoms with Crippen LogP contribution in [0, 0.1) is 40.7 Å². The fourth-order valence-electron chi connectivity index (χ4n) is 5.49. The van der Waals surface area contributed by atoms with Crippen molar-refractivity contribution in [1.82, 2.24) is 4.90 Å². The van der Waals surface area contributed by atoms with Crippen LogP contribution in [0.5, 0.6) is 5.75 Å². The molecule has 32 heavy (non-hydrogen) atoms. The summed E-state index contributed by atoms with van der Waals surface area (Å²) >= 11 is 0. The van der Waals surface area contributed by atoms with E-state index in [9.17, 15) is 23.9 Å². The zero-order valence-corrected chi connectivity index (χ0v) is 17.9. The molecule has 5 nitrogen and oxygen atoms in total. The molecule has 7 heteroatoms. The first-order chi connectivity index (χ1) is 15.4. The summed E-state index contributed by atoms with van der Waals surface area (Å²) in [7, 11) is 1.56. The molecule has 168 valence electrons. The molecule has 4 atom stereocenters. The van der Waals surface area contributed by atoms with Crippen LogP contribution in [-0.2, 0) is 16.8 Å². The Balaban J connectivity index is 1.60. The predicted octanol–water partition coefficient (Wildman–Crippen LogP) is 3.80. The molecule has 0 spiro atoms. The Hall–Kier alpha value is -2.98. The Morgan fingerprint density at radius 3 is 2.75 bits per heavy atom. The van der Waals surface area contributed by atoms with Crippen LogP contribution in [0.25, 0.3) is 0 Å². The van der Waals surface area contributed by atoms with Crippen molar-refractivity contribution < 1.29 is 23.4 Å². The highest BCUT2D eigenvalue weighted by Crippen LogP contribution is 2.52. The van der Waals surface area contributed by atoms with E-state index in [1.165, 1.54) is 6.07 Å². The summed E-state index contributed by atoms with van der Waals surface area (Å²) in [5.41, 5.74) is -0.144. The van der Waals surface area contributed by atoms with Crippen molar-refractivity contribution in [1.29, 1.82) is 5.26 Å². The minimum atomic E-state index is -1.23. The molecule has 4 rings (SSSR count). The summed E-state index contributed by atoms with van der Waals surface area (Å²) in [6, 6.07) is 13.0. The number of methoxy groups -OCH3 is 1. The maximum absolute atomic E-state index is 13.6. The van der Waals surface area contributed by atoms with E-state index in [1.54, 1.807) is 18.1 Å². The fourth-order valence-corrected chi connectivity index (χ4v) is 5.49. The van der Waals surface area contributed by atoms with Crippen LogP contribution >= 0.6 is 0 Å². The molecule has 0 unspecified atom stereocenters. The number of fused-ring (bicyclic) bond motifs is 1. The van der Waals surface area contributed by atoms with Gasteiger partial charge in [-0.25, -0.2) is 8.78 Å². The first-order valence-electron chi connectivity index (χ1n) is 10.8. The number of ether oxygens (including phenoxy) is 1. The Bertz CT molecular complexity index is 1050. The van der Waals surface area contributed by atoms with Gasteiger partial charge in [-0.2, -0.15) is 5.26 Å². The van der Waals surface area contributed by atoms with Gasteiger partial charge in [0.15, 0.2) is 11.6 Å². The molecule has 2 fully saturated rings. The number of nitriles is 1. The number of hydrogen-bond acceptors (Lipinski definition) is 4. The molecule has 1 amide bonds. The van der Waals surface area contributed by atoms with Crippen molar-refractivity contribution in [3.8, 4) is 11.8 Å². The van der Waals surface area contributed by atoms with Gasteiger partial charge in [0.2, 0.25) is 5.91 Å². The Labute approximate surface area is 186 Å².